The molecule has 0 unspecified atom stereocenters. The molecule has 8 nitrogen and oxygen atoms in total. The van der Waals surface area contributed by atoms with Gasteiger partial charge in [-0.25, -0.2) is 0 Å². The molecule has 6 atom stereocenters. The number of carbonyl (C=O) groups excluding carboxylic acids is 4. The summed E-state index contributed by atoms with van der Waals surface area (Å²) in [7, 11) is 1.45. The summed E-state index contributed by atoms with van der Waals surface area (Å²) in [5.74, 6) is -4.61. The van der Waals surface area contributed by atoms with Gasteiger partial charge in [0.2, 0.25) is 23.6 Å². The molecule has 0 bridgehead atoms. The number of fused-ring (bicyclic) bond motifs is 4. The number of allylic oxidation sites excluding steroid dienone is 2. The Morgan fingerprint density at radius 1 is 0.733 bits per heavy atom. The highest BCUT2D eigenvalue weighted by Gasteiger charge is 2.62. The number of benzene rings is 3. The molecule has 3 fully saturated rings. The van der Waals surface area contributed by atoms with Gasteiger partial charge >= 0.3 is 0 Å². The number of hydrogen-bond donors (Lipinski definition) is 1. The van der Waals surface area contributed by atoms with E-state index < -0.39 is 35.5 Å². The predicted octanol–water partition coefficient (Wildman–Crippen LogP) is 5.73. The van der Waals surface area contributed by atoms with E-state index in [0.29, 0.717) is 23.4 Å². The maximum absolute atomic E-state index is 14.3. The van der Waals surface area contributed by atoms with Gasteiger partial charge in [0.05, 0.1) is 42.2 Å². The summed E-state index contributed by atoms with van der Waals surface area (Å²) in [6.45, 7) is 7.56. The van der Waals surface area contributed by atoms with Crippen molar-refractivity contribution in [3.63, 3.8) is 0 Å². The summed E-state index contributed by atoms with van der Waals surface area (Å²) >= 11 is 0. The first-order valence-electron chi connectivity index (χ1n) is 15.0. The molecule has 3 aromatic rings. The van der Waals surface area contributed by atoms with E-state index in [-0.39, 0.29) is 41.5 Å². The van der Waals surface area contributed by atoms with Crippen LogP contribution in [0.5, 0.6) is 11.5 Å². The molecule has 0 aromatic heterocycles. The Morgan fingerprint density at radius 3 is 1.84 bits per heavy atom. The third-order valence-electron chi connectivity index (χ3n) is 9.99. The van der Waals surface area contributed by atoms with Crippen LogP contribution >= 0.6 is 0 Å². The first kappa shape index (κ1) is 28.5. The van der Waals surface area contributed by atoms with Crippen LogP contribution < -0.4 is 14.5 Å². The number of nitrogens with zero attached hydrogens (tertiary/aromatic N) is 2. The van der Waals surface area contributed by atoms with Crippen LogP contribution in [0.25, 0.3) is 12.2 Å². The van der Waals surface area contributed by atoms with E-state index in [4.69, 9.17) is 4.74 Å². The van der Waals surface area contributed by atoms with Gasteiger partial charge in [0.25, 0.3) is 0 Å². The molecule has 226 valence electrons. The van der Waals surface area contributed by atoms with Gasteiger partial charge in [-0.15, -0.1) is 0 Å². The Hall–Kier alpha value is -5.24. The van der Waals surface area contributed by atoms with Crippen LogP contribution in [-0.4, -0.2) is 35.8 Å². The highest BCUT2D eigenvalue weighted by Crippen LogP contribution is 2.58. The smallest absolute Gasteiger partial charge is 0.238 e. The predicted molar refractivity (Wildman–Crippen MR) is 170 cm³/mol. The van der Waals surface area contributed by atoms with E-state index in [9.17, 15) is 24.3 Å². The van der Waals surface area contributed by atoms with Crippen LogP contribution in [-0.2, 0) is 19.2 Å². The number of aromatic hydroxyl groups is 1. The van der Waals surface area contributed by atoms with Crippen molar-refractivity contribution in [3.05, 3.63) is 108 Å². The molecule has 2 saturated heterocycles. The van der Waals surface area contributed by atoms with E-state index in [1.165, 1.54) is 23.0 Å². The van der Waals surface area contributed by atoms with Gasteiger partial charge in [0.1, 0.15) is 0 Å². The van der Waals surface area contributed by atoms with Gasteiger partial charge in [-0.2, -0.15) is 0 Å². The second kappa shape index (κ2) is 10.7. The summed E-state index contributed by atoms with van der Waals surface area (Å²) in [4.78, 5) is 58.9. The molecule has 8 heteroatoms. The van der Waals surface area contributed by atoms with E-state index >= 15 is 0 Å². The van der Waals surface area contributed by atoms with E-state index in [1.54, 1.807) is 60.7 Å². The topological polar surface area (TPSA) is 104 Å². The maximum atomic E-state index is 14.3. The van der Waals surface area contributed by atoms with Crippen molar-refractivity contribution in [2.75, 3.05) is 16.9 Å². The zero-order valence-electron chi connectivity index (χ0n) is 24.8. The van der Waals surface area contributed by atoms with Crippen molar-refractivity contribution in [1.29, 1.82) is 0 Å². The van der Waals surface area contributed by atoms with Crippen molar-refractivity contribution >= 4 is 47.2 Å². The van der Waals surface area contributed by atoms with Crippen molar-refractivity contribution in [2.24, 2.45) is 29.6 Å². The number of amides is 4. The third kappa shape index (κ3) is 4.27. The van der Waals surface area contributed by atoms with Crippen LogP contribution in [0.4, 0.5) is 11.4 Å². The Bertz CT molecular complexity index is 1810. The lowest BCUT2D eigenvalue weighted by atomic mass is 9.57. The van der Waals surface area contributed by atoms with Crippen molar-refractivity contribution < 1.29 is 29.0 Å². The Balaban J connectivity index is 1.32. The maximum Gasteiger partial charge on any atom is 0.238 e. The van der Waals surface area contributed by atoms with Crippen LogP contribution in [0, 0.1) is 29.6 Å². The first-order chi connectivity index (χ1) is 21.8. The van der Waals surface area contributed by atoms with Crippen molar-refractivity contribution in [1.82, 2.24) is 0 Å². The second-order valence-electron chi connectivity index (χ2n) is 12.1. The summed E-state index contributed by atoms with van der Waals surface area (Å²) in [6.07, 6.45) is 6.01. The lowest BCUT2D eigenvalue weighted by Gasteiger charge is -2.44. The lowest BCUT2D eigenvalue weighted by Crippen LogP contribution is -2.43. The minimum atomic E-state index is -0.723. The first-order valence-corrected chi connectivity index (χ1v) is 15.0. The second-order valence-corrected chi connectivity index (χ2v) is 12.1. The van der Waals surface area contributed by atoms with Crippen LogP contribution in [0.15, 0.2) is 91.5 Å². The molecule has 3 aromatic carbocycles. The fraction of sp³-hybridized carbons (Fsp3) is 0.243. The molecule has 2 aliphatic heterocycles. The van der Waals surface area contributed by atoms with Gasteiger partial charge in [-0.3, -0.25) is 29.0 Å². The number of carbonyl (C=O) groups is 4. The molecule has 0 spiro atoms. The number of hydrogen-bond acceptors (Lipinski definition) is 6. The standard InChI is InChI=1S/C37H32N2O6/c1-4-20-6-11-23(12-7-20)38-34(41)26-16-15-25-27(32(26)36(38)43)19-28-33(31(25)22-10-17-29(40)30(18-22)45-3)37(44)39(35(28)42)24-13-8-21(5-2)9-14-24/h4-15,17-18,26-28,31-33,40H,1-2,16,19H2,3H3/t26-,27+,28+,31-,32-,33+/m0/s1. The molecular formula is C37H32N2O6. The van der Waals surface area contributed by atoms with E-state index in [0.717, 1.165) is 16.7 Å². The summed E-state index contributed by atoms with van der Waals surface area (Å²) in [5.41, 5.74) is 4.29. The van der Waals surface area contributed by atoms with Gasteiger partial charge < -0.3 is 9.84 Å². The number of methoxy groups -OCH3 is 1. The number of phenols is 1. The van der Waals surface area contributed by atoms with Gasteiger partial charge in [-0.1, -0.05) is 67.3 Å². The summed E-state index contributed by atoms with van der Waals surface area (Å²) in [5, 5.41) is 10.4. The Kier molecular flexibility index (Phi) is 6.80. The third-order valence-corrected chi connectivity index (χ3v) is 9.99. The van der Waals surface area contributed by atoms with Gasteiger partial charge in [0, 0.05) is 5.92 Å². The molecule has 45 heavy (non-hydrogen) atoms. The van der Waals surface area contributed by atoms with E-state index in [1.807, 2.05) is 18.2 Å². The average molecular weight is 601 g/mol. The molecule has 4 aliphatic rings. The SMILES string of the molecule is C=Cc1ccc(N2C(=O)[C@H]3[C@H](CC=C4[C@H]3C[C@H]3C(=O)N(c5ccc(C=C)cc5)C(=O)[C@H]3[C@H]4c3ccc(O)c(OC)c3)C2=O)cc1. The molecular weight excluding hydrogens is 568 g/mol. The zero-order valence-corrected chi connectivity index (χ0v) is 24.8. The fourth-order valence-electron chi connectivity index (χ4n) is 7.88. The Labute approximate surface area is 260 Å². The minimum absolute atomic E-state index is 0.0460. The number of ether oxygens (including phenoxy) is 1. The van der Waals surface area contributed by atoms with Crippen molar-refractivity contribution in [3.8, 4) is 11.5 Å². The van der Waals surface area contributed by atoms with Gasteiger partial charge in [-0.05, 0) is 71.8 Å². The number of imide groups is 2. The molecule has 1 saturated carbocycles. The molecule has 7 rings (SSSR count). The highest BCUT2D eigenvalue weighted by atomic mass is 16.5. The van der Waals surface area contributed by atoms with Gasteiger partial charge in [0.15, 0.2) is 11.5 Å². The summed E-state index contributed by atoms with van der Waals surface area (Å²) in [6, 6.07) is 19.2. The fourth-order valence-corrected chi connectivity index (χ4v) is 7.88. The van der Waals surface area contributed by atoms with Crippen LogP contribution in [0.2, 0.25) is 0 Å². The molecule has 2 aliphatic carbocycles. The summed E-state index contributed by atoms with van der Waals surface area (Å²) < 4.78 is 5.41. The van der Waals surface area contributed by atoms with Crippen LogP contribution in [0.3, 0.4) is 0 Å². The highest BCUT2D eigenvalue weighted by molar-refractivity contribution is 6.24. The molecule has 4 amide bonds. The monoisotopic (exact) mass is 600 g/mol. The minimum Gasteiger partial charge on any atom is -0.504 e. The number of rotatable bonds is 6. The molecule has 2 heterocycles. The van der Waals surface area contributed by atoms with Crippen molar-refractivity contribution in [2.45, 2.75) is 18.8 Å². The number of anilines is 2. The quantitative estimate of drug-likeness (QED) is 0.286. The Morgan fingerprint density at radius 2 is 1.29 bits per heavy atom. The zero-order chi connectivity index (χ0) is 31.6. The average Bonchev–Trinajstić information content (AvgIpc) is 3.47. The largest absolute Gasteiger partial charge is 0.504 e. The van der Waals surface area contributed by atoms with E-state index in [2.05, 4.69) is 13.2 Å². The normalized spacial score (nSPS) is 27.1. The molecule has 0 radical (unpaired) electrons. The lowest BCUT2D eigenvalue weighted by molar-refractivity contribution is -0.126. The van der Waals surface area contributed by atoms with Crippen LogP contribution in [0.1, 0.15) is 35.4 Å². The number of phenolic OH excluding ortho intramolecular Hbond substituents is 1. The molecule has 1 N–H and O–H groups in total.